The third-order valence-corrected chi connectivity index (χ3v) is 5.92. The van der Waals surface area contributed by atoms with Gasteiger partial charge >= 0.3 is 5.97 Å². The van der Waals surface area contributed by atoms with Gasteiger partial charge in [-0.25, -0.2) is 4.79 Å². The standard InChI is InChI=1S/C16H20BrNO3/c1-21-12-4-6-15(7-5-12)9-10-2-3-11(17)8-13(10)16(15,18)14(19)20/h2-3,8,12H,4-7,9,18H2,1H3,(H,19,20)/t12?,15?,16-/m0/s1. The molecular weight excluding hydrogens is 334 g/mol. The van der Waals surface area contributed by atoms with Crippen molar-refractivity contribution in [2.45, 2.75) is 43.7 Å². The molecule has 0 unspecified atom stereocenters. The molecule has 0 amide bonds. The summed E-state index contributed by atoms with van der Waals surface area (Å²) in [6.45, 7) is 0. The molecule has 0 aliphatic heterocycles. The minimum absolute atomic E-state index is 0.226. The zero-order valence-electron chi connectivity index (χ0n) is 12.1. The molecule has 114 valence electrons. The maximum Gasteiger partial charge on any atom is 0.328 e. The Kier molecular flexibility index (Phi) is 3.62. The summed E-state index contributed by atoms with van der Waals surface area (Å²) in [4.78, 5) is 12.1. The van der Waals surface area contributed by atoms with Gasteiger partial charge in [0.1, 0.15) is 5.54 Å². The predicted molar refractivity (Wildman–Crippen MR) is 83.0 cm³/mol. The van der Waals surface area contributed by atoms with Crippen LogP contribution in [0.15, 0.2) is 22.7 Å². The van der Waals surface area contributed by atoms with Gasteiger partial charge in [-0.2, -0.15) is 0 Å². The lowest BCUT2D eigenvalue weighted by Gasteiger charge is -2.45. The van der Waals surface area contributed by atoms with E-state index < -0.39 is 16.9 Å². The molecule has 3 rings (SSSR count). The number of halogens is 1. The number of hydrogen-bond donors (Lipinski definition) is 2. The first kappa shape index (κ1) is 15.0. The van der Waals surface area contributed by atoms with Crippen LogP contribution >= 0.6 is 15.9 Å². The second-order valence-corrected chi connectivity index (χ2v) is 7.22. The highest BCUT2D eigenvalue weighted by Crippen LogP contribution is 2.57. The number of methoxy groups -OCH3 is 1. The third-order valence-electron chi connectivity index (χ3n) is 5.42. The van der Waals surface area contributed by atoms with Gasteiger partial charge in [0.2, 0.25) is 0 Å². The second-order valence-electron chi connectivity index (χ2n) is 6.31. The van der Waals surface area contributed by atoms with Crippen LogP contribution in [0.1, 0.15) is 36.8 Å². The fourth-order valence-electron chi connectivity index (χ4n) is 4.15. The van der Waals surface area contributed by atoms with E-state index in [1.165, 1.54) is 0 Å². The molecule has 0 bridgehead atoms. The van der Waals surface area contributed by atoms with E-state index in [9.17, 15) is 9.90 Å². The summed E-state index contributed by atoms with van der Waals surface area (Å²) in [5, 5.41) is 9.88. The number of carboxylic acid groups (broad SMARTS) is 1. The molecule has 1 spiro atoms. The minimum atomic E-state index is -1.30. The summed E-state index contributed by atoms with van der Waals surface area (Å²) >= 11 is 3.43. The summed E-state index contributed by atoms with van der Waals surface area (Å²) < 4.78 is 6.30. The molecule has 0 aromatic heterocycles. The maximum atomic E-state index is 12.1. The number of rotatable bonds is 2. The number of nitrogens with two attached hydrogens (primary N) is 1. The fourth-order valence-corrected chi connectivity index (χ4v) is 4.51. The van der Waals surface area contributed by atoms with Crippen molar-refractivity contribution in [1.82, 2.24) is 0 Å². The number of carbonyl (C=O) groups is 1. The van der Waals surface area contributed by atoms with Crippen LogP contribution in [-0.2, 0) is 21.5 Å². The number of ether oxygens (including phenoxy) is 1. The Bertz CT molecular complexity index is 581. The molecule has 0 heterocycles. The van der Waals surface area contributed by atoms with Crippen LogP contribution in [0, 0.1) is 5.41 Å². The van der Waals surface area contributed by atoms with Crippen molar-refractivity contribution in [3.05, 3.63) is 33.8 Å². The summed E-state index contributed by atoms with van der Waals surface area (Å²) in [6, 6.07) is 5.84. The van der Waals surface area contributed by atoms with E-state index in [0.717, 1.165) is 47.7 Å². The highest BCUT2D eigenvalue weighted by Gasteiger charge is 2.60. The molecule has 1 saturated carbocycles. The van der Waals surface area contributed by atoms with Crippen molar-refractivity contribution < 1.29 is 14.6 Å². The van der Waals surface area contributed by atoms with Gasteiger partial charge in [-0.3, -0.25) is 0 Å². The highest BCUT2D eigenvalue weighted by molar-refractivity contribution is 9.10. The van der Waals surface area contributed by atoms with Gasteiger partial charge in [0.25, 0.3) is 0 Å². The predicted octanol–water partition coefficient (Wildman–Crippen LogP) is 2.82. The van der Waals surface area contributed by atoms with Gasteiger partial charge in [-0.1, -0.05) is 22.0 Å². The van der Waals surface area contributed by atoms with E-state index in [1.54, 1.807) is 7.11 Å². The lowest BCUT2D eigenvalue weighted by atomic mass is 9.62. The van der Waals surface area contributed by atoms with E-state index in [-0.39, 0.29) is 6.10 Å². The fraction of sp³-hybridized carbons (Fsp3) is 0.562. The summed E-state index contributed by atoms with van der Waals surface area (Å²) in [6.07, 6.45) is 4.30. The molecule has 5 heteroatoms. The first-order valence-electron chi connectivity index (χ1n) is 7.27. The zero-order chi connectivity index (χ0) is 15.3. The van der Waals surface area contributed by atoms with Crippen molar-refractivity contribution >= 4 is 21.9 Å². The summed E-state index contributed by atoms with van der Waals surface area (Å²) in [7, 11) is 1.72. The number of hydrogen-bond acceptors (Lipinski definition) is 3. The Balaban J connectivity index is 2.06. The second kappa shape index (κ2) is 5.07. The lowest BCUT2D eigenvalue weighted by molar-refractivity contribution is -0.151. The normalized spacial score (nSPS) is 34.9. The average molecular weight is 354 g/mol. The molecule has 1 fully saturated rings. The van der Waals surface area contributed by atoms with Gasteiger partial charge in [-0.05, 0) is 55.4 Å². The molecule has 2 aliphatic carbocycles. The third kappa shape index (κ3) is 2.05. The van der Waals surface area contributed by atoms with Crippen LogP contribution < -0.4 is 5.73 Å². The number of aliphatic carboxylic acids is 1. The Morgan fingerprint density at radius 2 is 2.10 bits per heavy atom. The Labute approximate surface area is 132 Å². The molecule has 0 saturated heterocycles. The lowest BCUT2D eigenvalue weighted by Crippen LogP contribution is -2.57. The first-order chi connectivity index (χ1) is 9.93. The van der Waals surface area contributed by atoms with Crippen molar-refractivity contribution in [2.24, 2.45) is 11.1 Å². The van der Waals surface area contributed by atoms with Gasteiger partial charge in [-0.15, -0.1) is 0 Å². The number of fused-ring (bicyclic) bond motifs is 1. The molecule has 2 aliphatic rings. The van der Waals surface area contributed by atoms with E-state index in [1.807, 2.05) is 18.2 Å². The zero-order valence-corrected chi connectivity index (χ0v) is 13.6. The maximum absolute atomic E-state index is 12.1. The molecular formula is C16H20BrNO3. The van der Waals surface area contributed by atoms with Crippen LogP contribution in [0.3, 0.4) is 0 Å². The molecule has 1 aromatic carbocycles. The van der Waals surface area contributed by atoms with Gasteiger partial charge in [0.05, 0.1) is 6.10 Å². The van der Waals surface area contributed by atoms with Crippen molar-refractivity contribution in [1.29, 1.82) is 0 Å². The number of carboxylic acids is 1. The first-order valence-corrected chi connectivity index (χ1v) is 8.06. The van der Waals surface area contributed by atoms with Gasteiger partial charge < -0.3 is 15.6 Å². The van der Waals surface area contributed by atoms with Crippen LogP contribution in [-0.4, -0.2) is 24.3 Å². The SMILES string of the molecule is COC1CCC2(CC1)Cc1ccc(Br)cc1[C@]2(N)C(=O)O. The monoisotopic (exact) mass is 353 g/mol. The quantitative estimate of drug-likeness (QED) is 0.857. The molecule has 21 heavy (non-hydrogen) atoms. The average Bonchev–Trinajstić information content (AvgIpc) is 2.71. The minimum Gasteiger partial charge on any atom is -0.480 e. The van der Waals surface area contributed by atoms with Crippen LogP contribution in [0.2, 0.25) is 0 Å². The van der Waals surface area contributed by atoms with Crippen LogP contribution in [0.5, 0.6) is 0 Å². The van der Waals surface area contributed by atoms with E-state index in [4.69, 9.17) is 10.5 Å². The number of benzene rings is 1. The Morgan fingerprint density at radius 3 is 2.67 bits per heavy atom. The van der Waals surface area contributed by atoms with Crippen molar-refractivity contribution in [3.63, 3.8) is 0 Å². The summed E-state index contributed by atoms with van der Waals surface area (Å²) in [5.41, 5.74) is 6.66. The molecule has 1 aromatic rings. The Hall–Kier alpha value is -0.910. The molecule has 1 atom stereocenters. The molecule has 4 nitrogen and oxygen atoms in total. The van der Waals surface area contributed by atoms with Crippen molar-refractivity contribution in [3.8, 4) is 0 Å². The topological polar surface area (TPSA) is 72.5 Å². The van der Waals surface area contributed by atoms with Gasteiger partial charge in [0, 0.05) is 17.0 Å². The Morgan fingerprint density at radius 1 is 1.43 bits per heavy atom. The van der Waals surface area contributed by atoms with Gasteiger partial charge in [0.15, 0.2) is 0 Å². The van der Waals surface area contributed by atoms with E-state index in [2.05, 4.69) is 15.9 Å². The highest BCUT2D eigenvalue weighted by atomic mass is 79.9. The smallest absolute Gasteiger partial charge is 0.328 e. The van der Waals surface area contributed by atoms with Crippen molar-refractivity contribution in [2.75, 3.05) is 7.11 Å². The molecule has 3 N–H and O–H groups in total. The summed E-state index contributed by atoms with van der Waals surface area (Å²) in [5.74, 6) is -0.921. The van der Waals surface area contributed by atoms with Crippen LogP contribution in [0.4, 0.5) is 0 Å². The largest absolute Gasteiger partial charge is 0.480 e. The van der Waals surface area contributed by atoms with E-state index in [0.29, 0.717) is 0 Å². The molecule has 0 radical (unpaired) electrons. The van der Waals surface area contributed by atoms with Crippen LogP contribution in [0.25, 0.3) is 0 Å². The van der Waals surface area contributed by atoms with E-state index >= 15 is 0 Å².